The third-order valence-electron chi connectivity index (χ3n) is 3.44. The number of piperidine rings is 1. The largest absolute Gasteiger partial charge is 0.379 e. The average Bonchev–Trinajstić information content (AvgIpc) is 2.39. The minimum Gasteiger partial charge on any atom is -0.379 e. The van der Waals surface area contributed by atoms with Crippen LogP contribution in [0.2, 0.25) is 0 Å². The van der Waals surface area contributed by atoms with Crippen molar-refractivity contribution in [3.63, 3.8) is 0 Å². The predicted molar refractivity (Wildman–Crippen MR) is 72.4 cm³/mol. The zero-order valence-electron chi connectivity index (χ0n) is 10.6. The molecule has 1 aromatic rings. The van der Waals surface area contributed by atoms with Gasteiger partial charge in [0.05, 0.1) is 6.10 Å². The fourth-order valence-corrected chi connectivity index (χ4v) is 2.64. The molecule has 0 radical (unpaired) electrons. The quantitative estimate of drug-likeness (QED) is 0.842. The van der Waals surface area contributed by atoms with Gasteiger partial charge in [-0.05, 0) is 40.4 Å². The van der Waals surface area contributed by atoms with Crippen molar-refractivity contribution in [2.24, 2.45) is 5.92 Å². The van der Waals surface area contributed by atoms with Gasteiger partial charge in [-0.3, -0.25) is 4.79 Å². The number of likely N-dealkylation sites (tertiary alicyclic amines) is 1. The first-order valence-electron chi connectivity index (χ1n) is 6.06. The van der Waals surface area contributed by atoms with Crippen molar-refractivity contribution in [2.45, 2.75) is 19.4 Å². The molecule has 1 amide bonds. The highest BCUT2D eigenvalue weighted by molar-refractivity contribution is 9.10. The van der Waals surface area contributed by atoms with Gasteiger partial charge in [-0.2, -0.15) is 0 Å². The highest BCUT2D eigenvalue weighted by Crippen LogP contribution is 2.22. The van der Waals surface area contributed by atoms with Crippen LogP contribution in [0, 0.1) is 5.92 Å². The Hall–Kier alpha value is -0.940. The van der Waals surface area contributed by atoms with Crippen LogP contribution in [0.25, 0.3) is 0 Å². The van der Waals surface area contributed by atoms with E-state index >= 15 is 0 Å². The topological polar surface area (TPSA) is 42.4 Å². The highest BCUT2D eigenvalue weighted by Gasteiger charge is 2.30. The molecule has 0 aliphatic carbocycles. The number of carbonyl (C=O) groups excluding carboxylic acids is 1. The lowest BCUT2D eigenvalue weighted by Crippen LogP contribution is -2.46. The molecule has 1 aliphatic heterocycles. The number of methoxy groups -OCH3 is 1. The van der Waals surface area contributed by atoms with Crippen LogP contribution in [0.15, 0.2) is 22.8 Å². The Morgan fingerprint density at radius 3 is 3.06 bits per heavy atom. The predicted octanol–water partition coefficient (Wildman–Crippen LogP) is 2.34. The molecular weight excluding hydrogens is 296 g/mol. The molecular formula is C13H17BrN2O2. The lowest BCUT2D eigenvalue weighted by Gasteiger charge is -2.36. The molecule has 0 spiro atoms. The minimum atomic E-state index is -0.0311. The first-order valence-corrected chi connectivity index (χ1v) is 6.85. The van der Waals surface area contributed by atoms with Gasteiger partial charge < -0.3 is 9.64 Å². The van der Waals surface area contributed by atoms with E-state index in [4.69, 9.17) is 4.74 Å². The average molecular weight is 313 g/mol. The van der Waals surface area contributed by atoms with E-state index in [0.29, 0.717) is 18.2 Å². The molecule has 4 nitrogen and oxygen atoms in total. The summed E-state index contributed by atoms with van der Waals surface area (Å²) in [6, 6.07) is 3.64. The van der Waals surface area contributed by atoms with E-state index in [-0.39, 0.29) is 12.0 Å². The van der Waals surface area contributed by atoms with Crippen molar-refractivity contribution in [2.75, 3.05) is 20.2 Å². The van der Waals surface area contributed by atoms with Crippen molar-refractivity contribution in [1.82, 2.24) is 9.88 Å². The van der Waals surface area contributed by atoms with Gasteiger partial charge in [-0.25, -0.2) is 4.98 Å². The molecule has 2 heterocycles. The summed E-state index contributed by atoms with van der Waals surface area (Å²) in [5.41, 5.74) is 0.474. The third-order valence-corrected chi connectivity index (χ3v) is 4.08. The van der Waals surface area contributed by atoms with E-state index in [1.807, 2.05) is 11.0 Å². The van der Waals surface area contributed by atoms with E-state index in [1.165, 1.54) is 0 Å². The third kappa shape index (κ3) is 2.72. The molecule has 0 aromatic carbocycles. The molecule has 0 N–H and O–H groups in total. The summed E-state index contributed by atoms with van der Waals surface area (Å²) in [6.45, 7) is 3.56. The minimum absolute atomic E-state index is 0.0311. The maximum Gasteiger partial charge on any atom is 0.273 e. The lowest BCUT2D eigenvalue weighted by molar-refractivity contribution is -0.00180. The number of amides is 1. The van der Waals surface area contributed by atoms with Gasteiger partial charge >= 0.3 is 0 Å². The molecule has 1 aliphatic rings. The van der Waals surface area contributed by atoms with Crippen molar-refractivity contribution in [3.8, 4) is 0 Å². The Balaban J connectivity index is 2.13. The van der Waals surface area contributed by atoms with Gasteiger partial charge in [-0.1, -0.05) is 6.92 Å². The Bertz CT molecular complexity index is 439. The molecule has 1 aromatic heterocycles. The molecule has 2 rings (SSSR count). The van der Waals surface area contributed by atoms with E-state index in [2.05, 4.69) is 27.8 Å². The Morgan fingerprint density at radius 2 is 2.39 bits per heavy atom. The number of hydrogen-bond acceptors (Lipinski definition) is 3. The summed E-state index contributed by atoms with van der Waals surface area (Å²) >= 11 is 3.37. The van der Waals surface area contributed by atoms with Crippen LogP contribution in [0.3, 0.4) is 0 Å². The standard InChI is InChI=1S/C13H17BrN2O2/c1-9-5-7-16(8-11(9)18-2)13(17)12-10(14)4-3-6-15-12/h3-4,6,9,11H,5,7-8H2,1-2H3. The van der Waals surface area contributed by atoms with Crippen LogP contribution in [-0.4, -0.2) is 42.1 Å². The van der Waals surface area contributed by atoms with Crippen molar-refractivity contribution < 1.29 is 9.53 Å². The van der Waals surface area contributed by atoms with Gasteiger partial charge in [0.15, 0.2) is 0 Å². The molecule has 0 bridgehead atoms. The van der Waals surface area contributed by atoms with Crippen LogP contribution < -0.4 is 0 Å². The van der Waals surface area contributed by atoms with Crippen LogP contribution in [0.4, 0.5) is 0 Å². The van der Waals surface area contributed by atoms with E-state index in [1.54, 1.807) is 19.4 Å². The second-order valence-corrected chi connectivity index (χ2v) is 5.48. The van der Waals surface area contributed by atoms with Gasteiger partial charge in [0.2, 0.25) is 0 Å². The molecule has 2 unspecified atom stereocenters. The lowest BCUT2D eigenvalue weighted by atomic mass is 9.95. The molecule has 1 saturated heterocycles. The van der Waals surface area contributed by atoms with Gasteiger partial charge in [0.1, 0.15) is 5.69 Å². The summed E-state index contributed by atoms with van der Waals surface area (Å²) in [7, 11) is 1.70. The maximum atomic E-state index is 12.4. The number of hydrogen-bond donors (Lipinski definition) is 0. The van der Waals surface area contributed by atoms with Crippen LogP contribution >= 0.6 is 15.9 Å². The monoisotopic (exact) mass is 312 g/mol. The first-order chi connectivity index (χ1) is 8.63. The summed E-state index contributed by atoms with van der Waals surface area (Å²) in [5, 5.41) is 0. The fraction of sp³-hybridized carbons (Fsp3) is 0.538. The maximum absolute atomic E-state index is 12.4. The van der Waals surface area contributed by atoms with E-state index in [0.717, 1.165) is 17.4 Å². The van der Waals surface area contributed by atoms with Gasteiger partial charge in [-0.15, -0.1) is 0 Å². The molecule has 0 saturated carbocycles. The fourth-order valence-electron chi connectivity index (χ4n) is 2.22. The number of ether oxygens (including phenoxy) is 1. The van der Waals surface area contributed by atoms with Gasteiger partial charge in [0.25, 0.3) is 5.91 Å². The van der Waals surface area contributed by atoms with Crippen molar-refractivity contribution in [1.29, 1.82) is 0 Å². The summed E-state index contributed by atoms with van der Waals surface area (Å²) < 4.78 is 6.16. The normalized spacial score (nSPS) is 24.1. The number of nitrogens with zero attached hydrogens (tertiary/aromatic N) is 2. The van der Waals surface area contributed by atoms with Crippen molar-refractivity contribution in [3.05, 3.63) is 28.5 Å². The number of rotatable bonds is 2. The van der Waals surface area contributed by atoms with Crippen LogP contribution in [-0.2, 0) is 4.74 Å². The van der Waals surface area contributed by atoms with E-state index < -0.39 is 0 Å². The summed E-state index contributed by atoms with van der Waals surface area (Å²) in [5.74, 6) is 0.461. The Morgan fingerprint density at radius 1 is 1.61 bits per heavy atom. The first kappa shape index (κ1) is 13.5. The highest BCUT2D eigenvalue weighted by atomic mass is 79.9. The zero-order valence-corrected chi connectivity index (χ0v) is 12.2. The molecule has 98 valence electrons. The Kier molecular flexibility index (Phi) is 4.35. The SMILES string of the molecule is COC1CN(C(=O)c2ncccc2Br)CCC1C. The van der Waals surface area contributed by atoms with Crippen LogP contribution in [0.1, 0.15) is 23.8 Å². The van der Waals surface area contributed by atoms with Crippen molar-refractivity contribution >= 4 is 21.8 Å². The molecule has 5 heteroatoms. The number of aromatic nitrogens is 1. The smallest absolute Gasteiger partial charge is 0.273 e. The molecule has 1 fully saturated rings. The number of halogens is 1. The summed E-state index contributed by atoms with van der Waals surface area (Å²) in [6.07, 6.45) is 2.72. The van der Waals surface area contributed by atoms with Gasteiger partial charge in [0, 0.05) is 30.9 Å². The second-order valence-electron chi connectivity index (χ2n) is 4.63. The summed E-state index contributed by atoms with van der Waals surface area (Å²) in [4.78, 5) is 18.3. The molecule has 2 atom stereocenters. The number of carbonyl (C=O) groups is 1. The second kappa shape index (κ2) is 5.80. The molecule has 18 heavy (non-hydrogen) atoms. The number of pyridine rings is 1. The van der Waals surface area contributed by atoms with Crippen LogP contribution in [0.5, 0.6) is 0 Å². The zero-order chi connectivity index (χ0) is 13.1. The Labute approximate surface area is 115 Å². The van der Waals surface area contributed by atoms with E-state index in [9.17, 15) is 4.79 Å².